The van der Waals surface area contributed by atoms with E-state index in [0.717, 1.165) is 0 Å². The molecule has 1 heterocycles. The Morgan fingerprint density at radius 3 is 2.79 bits per heavy atom. The van der Waals surface area contributed by atoms with Crippen molar-refractivity contribution in [2.24, 2.45) is 0 Å². The van der Waals surface area contributed by atoms with Gasteiger partial charge >= 0.3 is 5.97 Å². The first kappa shape index (κ1) is 9.15. The molecule has 0 saturated carbocycles. The molecule has 14 heavy (non-hydrogen) atoms. The third-order valence-corrected chi connectivity index (χ3v) is 2.37. The maximum Gasteiger partial charge on any atom is 0.336 e. The highest BCUT2D eigenvalue weighted by molar-refractivity contribution is 9.10. The van der Waals surface area contributed by atoms with Crippen LogP contribution in [0, 0.1) is 0 Å². The first-order valence-electron chi connectivity index (χ1n) is 3.97. The van der Waals surface area contributed by atoms with E-state index in [0.29, 0.717) is 15.5 Å². The molecule has 0 spiro atoms. The molecule has 70 valence electrons. The predicted molar refractivity (Wildman–Crippen MR) is 56.4 cm³/mol. The van der Waals surface area contributed by atoms with Crippen molar-refractivity contribution in [3.05, 3.63) is 40.5 Å². The number of carboxylic acids is 1. The molecule has 0 aliphatic carbocycles. The van der Waals surface area contributed by atoms with Gasteiger partial charge in [0.1, 0.15) is 4.60 Å². The largest absolute Gasteiger partial charge is 0.478 e. The predicted octanol–water partition coefficient (Wildman–Crippen LogP) is 2.70. The molecule has 2 rings (SSSR count). The van der Waals surface area contributed by atoms with E-state index >= 15 is 0 Å². The molecule has 0 bridgehead atoms. The lowest BCUT2D eigenvalue weighted by Gasteiger charge is -2.01. The van der Waals surface area contributed by atoms with E-state index in [2.05, 4.69) is 20.9 Å². The summed E-state index contributed by atoms with van der Waals surface area (Å²) in [6.45, 7) is 0. The average molecular weight is 252 g/mol. The van der Waals surface area contributed by atoms with Crippen LogP contribution in [-0.4, -0.2) is 16.1 Å². The normalized spacial score (nSPS) is 10.4. The molecule has 0 fully saturated rings. The molecular weight excluding hydrogens is 246 g/mol. The summed E-state index contributed by atoms with van der Waals surface area (Å²) in [6, 6.07) is 8.52. The number of benzene rings is 1. The first-order chi connectivity index (χ1) is 6.68. The summed E-state index contributed by atoms with van der Waals surface area (Å²) in [7, 11) is 0. The monoisotopic (exact) mass is 251 g/mol. The second-order valence-electron chi connectivity index (χ2n) is 2.81. The SMILES string of the molecule is O=C(O)c1cccc2nc(Br)ccc12. The molecule has 0 saturated heterocycles. The maximum atomic E-state index is 10.9. The van der Waals surface area contributed by atoms with Crippen molar-refractivity contribution in [1.82, 2.24) is 4.98 Å². The van der Waals surface area contributed by atoms with Crippen molar-refractivity contribution in [1.29, 1.82) is 0 Å². The topological polar surface area (TPSA) is 50.2 Å². The highest BCUT2D eigenvalue weighted by Gasteiger charge is 2.07. The summed E-state index contributed by atoms with van der Waals surface area (Å²) < 4.78 is 0.701. The Balaban J connectivity index is 2.81. The highest BCUT2D eigenvalue weighted by Crippen LogP contribution is 2.19. The van der Waals surface area contributed by atoms with Crippen molar-refractivity contribution in [2.45, 2.75) is 0 Å². The summed E-state index contributed by atoms with van der Waals surface area (Å²) in [5, 5.41) is 9.57. The number of aromatic carboxylic acids is 1. The van der Waals surface area contributed by atoms with Gasteiger partial charge in [-0.05, 0) is 40.2 Å². The minimum Gasteiger partial charge on any atom is -0.478 e. The Bertz CT molecular complexity index is 510. The van der Waals surface area contributed by atoms with Gasteiger partial charge in [0.15, 0.2) is 0 Å². The van der Waals surface area contributed by atoms with E-state index in [1.807, 2.05) is 0 Å². The molecule has 3 nitrogen and oxygen atoms in total. The van der Waals surface area contributed by atoms with Crippen molar-refractivity contribution < 1.29 is 9.90 Å². The molecule has 1 aromatic carbocycles. The number of carbonyl (C=O) groups is 1. The molecule has 0 atom stereocenters. The molecule has 4 heteroatoms. The third kappa shape index (κ3) is 1.48. The van der Waals surface area contributed by atoms with Crippen LogP contribution >= 0.6 is 15.9 Å². The van der Waals surface area contributed by atoms with E-state index in [4.69, 9.17) is 5.11 Å². The second kappa shape index (κ2) is 3.38. The zero-order valence-corrected chi connectivity index (χ0v) is 8.65. The van der Waals surface area contributed by atoms with Crippen molar-refractivity contribution >= 4 is 32.8 Å². The molecule has 0 unspecified atom stereocenters. The van der Waals surface area contributed by atoms with Gasteiger partial charge in [-0.2, -0.15) is 0 Å². The molecule has 0 aliphatic rings. The third-order valence-electron chi connectivity index (χ3n) is 1.93. The van der Waals surface area contributed by atoms with Crippen LogP contribution < -0.4 is 0 Å². The number of rotatable bonds is 1. The average Bonchev–Trinajstić information content (AvgIpc) is 2.16. The maximum absolute atomic E-state index is 10.9. The Morgan fingerprint density at radius 2 is 2.07 bits per heavy atom. The molecule has 0 aliphatic heterocycles. The zero-order chi connectivity index (χ0) is 10.1. The minimum atomic E-state index is -0.931. The molecule has 1 aromatic heterocycles. The van der Waals surface area contributed by atoms with Crippen LogP contribution in [-0.2, 0) is 0 Å². The Hall–Kier alpha value is -1.42. The number of pyridine rings is 1. The van der Waals surface area contributed by atoms with Crippen LogP contribution in [0.2, 0.25) is 0 Å². The summed E-state index contributed by atoms with van der Waals surface area (Å²) in [5.41, 5.74) is 0.960. The van der Waals surface area contributed by atoms with E-state index in [1.54, 1.807) is 30.3 Å². The summed E-state index contributed by atoms with van der Waals surface area (Å²) >= 11 is 3.24. The van der Waals surface area contributed by atoms with E-state index in [9.17, 15) is 4.79 Å². The minimum absolute atomic E-state index is 0.280. The van der Waals surface area contributed by atoms with Crippen molar-refractivity contribution in [2.75, 3.05) is 0 Å². The van der Waals surface area contributed by atoms with Crippen LogP contribution in [0.3, 0.4) is 0 Å². The number of aromatic nitrogens is 1. The van der Waals surface area contributed by atoms with Gasteiger partial charge in [0.2, 0.25) is 0 Å². The van der Waals surface area contributed by atoms with E-state index < -0.39 is 5.97 Å². The number of carboxylic acid groups (broad SMARTS) is 1. The fourth-order valence-electron chi connectivity index (χ4n) is 1.32. The fourth-order valence-corrected chi connectivity index (χ4v) is 1.64. The number of nitrogens with zero attached hydrogens (tertiary/aromatic N) is 1. The van der Waals surface area contributed by atoms with Crippen molar-refractivity contribution in [3.63, 3.8) is 0 Å². The van der Waals surface area contributed by atoms with Gasteiger partial charge in [0.05, 0.1) is 11.1 Å². The Morgan fingerprint density at radius 1 is 1.29 bits per heavy atom. The lowest BCUT2D eigenvalue weighted by Crippen LogP contribution is -1.97. The van der Waals surface area contributed by atoms with E-state index in [1.165, 1.54) is 0 Å². The smallest absolute Gasteiger partial charge is 0.336 e. The standard InChI is InChI=1S/C10H6BrNO2/c11-9-5-4-6-7(10(13)14)2-1-3-8(6)12-9/h1-5H,(H,13,14). The van der Waals surface area contributed by atoms with Gasteiger partial charge in [0, 0.05) is 5.39 Å². The van der Waals surface area contributed by atoms with Gasteiger partial charge in [-0.15, -0.1) is 0 Å². The number of halogens is 1. The van der Waals surface area contributed by atoms with Crippen LogP contribution in [0.4, 0.5) is 0 Å². The summed E-state index contributed by atoms with van der Waals surface area (Å²) in [6.07, 6.45) is 0. The van der Waals surface area contributed by atoms with Gasteiger partial charge in [0.25, 0.3) is 0 Å². The van der Waals surface area contributed by atoms with Crippen LogP contribution in [0.25, 0.3) is 10.9 Å². The van der Waals surface area contributed by atoms with Crippen LogP contribution in [0.5, 0.6) is 0 Å². The van der Waals surface area contributed by atoms with Crippen LogP contribution in [0.15, 0.2) is 34.9 Å². The Kier molecular flexibility index (Phi) is 2.21. The molecule has 0 radical (unpaired) electrons. The lowest BCUT2D eigenvalue weighted by atomic mass is 10.1. The second-order valence-corrected chi connectivity index (χ2v) is 3.62. The van der Waals surface area contributed by atoms with Gasteiger partial charge in [-0.3, -0.25) is 0 Å². The number of fused-ring (bicyclic) bond motifs is 1. The number of hydrogen-bond acceptors (Lipinski definition) is 2. The van der Waals surface area contributed by atoms with Gasteiger partial charge < -0.3 is 5.11 Å². The van der Waals surface area contributed by atoms with Gasteiger partial charge in [-0.1, -0.05) is 6.07 Å². The highest BCUT2D eigenvalue weighted by atomic mass is 79.9. The van der Waals surface area contributed by atoms with Gasteiger partial charge in [-0.25, -0.2) is 9.78 Å². The lowest BCUT2D eigenvalue weighted by molar-refractivity contribution is 0.0699. The quantitative estimate of drug-likeness (QED) is 0.794. The first-order valence-corrected chi connectivity index (χ1v) is 4.76. The zero-order valence-electron chi connectivity index (χ0n) is 7.07. The van der Waals surface area contributed by atoms with E-state index in [-0.39, 0.29) is 5.56 Å². The molecule has 1 N–H and O–H groups in total. The summed E-state index contributed by atoms with van der Waals surface area (Å²) in [4.78, 5) is 15.0. The molecule has 2 aromatic rings. The Labute approximate surface area is 88.5 Å². The molecular formula is C10H6BrNO2. The summed E-state index contributed by atoms with van der Waals surface area (Å²) in [5.74, 6) is -0.931. The van der Waals surface area contributed by atoms with Crippen molar-refractivity contribution in [3.8, 4) is 0 Å². The fraction of sp³-hybridized carbons (Fsp3) is 0. The molecule has 0 amide bonds. The number of hydrogen-bond donors (Lipinski definition) is 1. The van der Waals surface area contributed by atoms with Crippen LogP contribution in [0.1, 0.15) is 10.4 Å².